The topological polar surface area (TPSA) is 38.7 Å². The predicted octanol–water partition coefficient (Wildman–Crippen LogP) is -1.04. The molecule has 1 atom stereocenters. The Kier molecular flexibility index (Phi) is 3.38. The lowest BCUT2D eigenvalue weighted by molar-refractivity contribution is -0.0101. The number of likely N-dealkylation sites (tertiary alicyclic amines) is 1. The minimum Gasteiger partial charge on any atom is -0.395 e. The van der Waals surface area contributed by atoms with Crippen LogP contribution >= 0.6 is 0 Å². The van der Waals surface area contributed by atoms with E-state index in [-0.39, 0.29) is 6.61 Å². The SMILES string of the molecule is CC(CO)N1CC(N2CCNCC2)C1. The van der Waals surface area contributed by atoms with Crippen LogP contribution in [0.3, 0.4) is 0 Å². The van der Waals surface area contributed by atoms with Crippen LogP contribution in [-0.2, 0) is 0 Å². The van der Waals surface area contributed by atoms with Gasteiger partial charge in [0.05, 0.1) is 6.61 Å². The molecule has 0 aliphatic carbocycles. The fourth-order valence-electron chi connectivity index (χ4n) is 2.24. The molecule has 0 bridgehead atoms. The van der Waals surface area contributed by atoms with E-state index in [4.69, 9.17) is 5.11 Å². The molecule has 2 N–H and O–H groups in total. The maximum absolute atomic E-state index is 9.00. The Morgan fingerprint density at radius 1 is 1.36 bits per heavy atom. The molecular weight excluding hydrogens is 178 g/mol. The first kappa shape index (κ1) is 10.4. The molecule has 0 saturated carbocycles. The molecule has 2 rings (SSSR count). The number of aliphatic hydroxyl groups is 1. The van der Waals surface area contributed by atoms with Gasteiger partial charge >= 0.3 is 0 Å². The van der Waals surface area contributed by atoms with Crippen molar-refractivity contribution in [2.24, 2.45) is 0 Å². The summed E-state index contributed by atoms with van der Waals surface area (Å²) in [6.07, 6.45) is 0. The molecule has 0 amide bonds. The van der Waals surface area contributed by atoms with Crippen molar-refractivity contribution in [2.75, 3.05) is 45.9 Å². The lowest BCUT2D eigenvalue weighted by Gasteiger charge is -2.48. The van der Waals surface area contributed by atoms with Crippen molar-refractivity contribution in [2.45, 2.75) is 19.0 Å². The van der Waals surface area contributed by atoms with Crippen LogP contribution in [0.4, 0.5) is 0 Å². The van der Waals surface area contributed by atoms with Crippen molar-refractivity contribution in [1.29, 1.82) is 0 Å². The molecule has 2 fully saturated rings. The summed E-state index contributed by atoms with van der Waals surface area (Å²) in [4.78, 5) is 4.92. The van der Waals surface area contributed by atoms with Crippen LogP contribution in [0.15, 0.2) is 0 Å². The van der Waals surface area contributed by atoms with Gasteiger partial charge < -0.3 is 10.4 Å². The number of aliphatic hydroxyl groups excluding tert-OH is 1. The minimum atomic E-state index is 0.286. The number of hydrogen-bond donors (Lipinski definition) is 2. The Morgan fingerprint density at radius 2 is 2.00 bits per heavy atom. The molecule has 2 heterocycles. The fourth-order valence-corrected chi connectivity index (χ4v) is 2.24. The Hall–Kier alpha value is -0.160. The maximum Gasteiger partial charge on any atom is 0.0584 e. The van der Waals surface area contributed by atoms with Gasteiger partial charge in [-0.2, -0.15) is 0 Å². The van der Waals surface area contributed by atoms with Gasteiger partial charge in [-0.05, 0) is 6.92 Å². The van der Waals surface area contributed by atoms with Crippen LogP contribution < -0.4 is 5.32 Å². The second-order valence-electron chi connectivity index (χ2n) is 4.43. The van der Waals surface area contributed by atoms with Crippen molar-refractivity contribution in [3.63, 3.8) is 0 Å². The van der Waals surface area contributed by atoms with E-state index in [0.29, 0.717) is 6.04 Å². The van der Waals surface area contributed by atoms with Gasteiger partial charge in [0.15, 0.2) is 0 Å². The molecule has 2 saturated heterocycles. The Bertz CT molecular complexity index is 176. The van der Waals surface area contributed by atoms with Crippen LogP contribution in [-0.4, -0.2) is 72.9 Å². The zero-order valence-electron chi connectivity index (χ0n) is 8.95. The van der Waals surface area contributed by atoms with Crippen molar-refractivity contribution < 1.29 is 5.11 Å². The zero-order valence-corrected chi connectivity index (χ0v) is 8.95. The number of nitrogens with zero attached hydrogens (tertiary/aromatic N) is 2. The van der Waals surface area contributed by atoms with Crippen molar-refractivity contribution >= 4 is 0 Å². The fraction of sp³-hybridized carbons (Fsp3) is 1.00. The number of rotatable bonds is 3. The van der Waals surface area contributed by atoms with E-state index >= 15 is 0 Å². The molecule has 0 aromatic heterocycles. The van der Waals surface area contributed by atoms with E-state index < -0.39 is 0 Å². The molecule has 1 unspecified atom stereocenters. The van der Waals surface area contributed by atoms with Crippen LogP contribution in [0.1, 0.15) is 6.92 Å². The average Bonchev–Trinajstić information content (AvgIpc) is 2.17. The van der Waals surface area contributed by atoms with Crippen molar-refractivity contribution in [3.8, 4) is 0 Å². The molecule has 14 heavy (non-hydrogen) atoms. The molecule has 0 aromatic rings. The lowest BCUT2D eigenvalue weighted by atomic mass is 10.0. The summed E-state index contributed by atoms with van der Waals surface area (Å²) < 4.78 is 0. The van der Waals surface area contributed by atoms with E-state index in [1.54, 1.807) is 0 Å². The highest BCUT2D eigenvalue weighted by Gasteiger charge is 2.34. The van der Waals surface area contributed by atoms with Crippen molar-refractivity contribution in [3.05, 3.63) is 0 Å². The van der Waals surface area contributed by atoms with Crippen LogP contribution in [0.5, 0.6) is 0 Å². The lowest BCUT2D eigenvalue weighted by Crippen LogP contribution is -2.64. The maximum atomic E-state index is 9.00. The van der Waals surface area contributed by atoms with E-state index in [0.717, 1.165) is 32.2 Å². The van der Waals surface area contributed by atoms with Gasteiger partial charge in [-0.1, -0.05) is 0 Å². The Balaban J connectivity index is 1.71. The first-order chi connectivity index (χ1) is 6.81. The first-order valence-corrected chi connectivity index (χ1v) is 5.61. The highest BCUT2D eigenvalue weighted by Crippen LogP contribution is 2.17. The second kappa shape index (κ2) is 4.57. The van der Waals surface area contributed by atoms with Gasteiger partial charge in [0, 0.05) is 51.4 Å². The van der Waals surface area contributed by atoms with Gasteiger partial charge in [-0.15, -0.1) is 0 Å². The van der Waals surface area contributed by atoms with Gasteiger partial charge in [0.1, 0.15) is 0 Å². The van der Waals surface area contributed by atoms with E-state index in [9.17, 15) is 0 Å². The molecule has 0 aromatic carbocycles. The van der Waals surface area contributed by atoms with Crippen LogP contribution in [0, 0.1) is 0 Å². The summed E-state index contributed by atoms with van der Waals surface area (Å²) in [5, 5.41) is 12.4. The summed E-state index contributed by atoms with van der Waals surface area (Å²) in [5.74, 6) is 0. The molecule has 2 aliphatic heterocycles. The third kappa shape index (κ3) is 2.08. The number of piperazine rings is 1. The van der Waals surface area contributed by atoms with Gasteiger partial charge in [-0.3, -0.25) is 9.80 Å². The van der Waals surface area contributed by atoms with Gasteiger partial charge in [0.2, 0.25) is 0 Å². The molecule has 0 spiro atoms. The quantitative estimate of drug-likeness (QED) is 0.609. The summed E-state index contributed by atoms with van der Waals surface area (Å²) in [7, 11) is 0. The largest absolute Gasteiger partial charge is 0.395 e. The first-order valence-electron chi connectivity index (χ1n) is 5.61. The van der Waals surface area contributed by atoms with E-state index in [1.165, 1.54) is 13.1 Å². The zero-order chi connectivity index (χ0) is 9.97. The molecule has 82 valence electrons. The van der Waals surface area contributed by atoms with E-state index in [2.05, 4.69) is 22.0 Å². The third-order valence-electron chi connectivity index (χ3n) is 3.45. The third-order valence-corrected chi connectivity index (χ3v) is 3.45. The van der Waals surface area contributed by atoms with Gasteiger partial charge in [-0.25, -0.2) is 0 Å². The summed E-state index contributed by atoms with van der Waals surface area (Å²) in [5.41, 5.74) is 0. The summed E-state index contributed by atoms with van der Waals surface area (Å²) >= 11 is 0. The normalized spacial score (nSPS) is 28.7. The monoisotopic (exact) mass is 199 g/mol. The van der Waals surface area contributed by atoms with Crippen LogP contribution in [0.25, 0.3) is 0 Å². The smallest absolute Gasteiger partial charge is 0.0584 e. The summed E-state index contributed by atoms with van der Waals surface area (Å²) in [6.45, 7) is 9.29. The number of nitrogens with one attached hydrogen (secondary N) is 1. The predicted molar refractivity (Wildman–Crippen MR) is 56.4 cm³/mol. The minimum absolute atomic E-state index is 0.286. The highest BCUT2D eigenvalue weighted by atomic mass is 16.3. The average molecular weight is 199 g/mol. The van der Waals surface area contributed by atoms with Crippen molar-refractivity contribution in [1.82, 2.24) is 15.1 Å². The second-order valence-corrected chi connectivity index (χ2v) is 4.43. The van der Waals surface area contributed by atoms with Gasteiger partial charge in [0.25, 0.3) is 0 Å². The molecule has 4 nitrogen and oxygen atoms in total. The molecule has 0 radical (unpaired) electrons. The van der Waals surface area contributed by atoms with Crippen LogP contribution in [0.2, 0.25) is 0 Å². The number of hydrogen-bond acceptors (Lipinski definition) is 4. The van der Waals surface area contributed by atoms with E-state index in [1.807, 2.05) is 0 Å². The molecular formula is C10H21N3O. The molecule has 2 aliphatic rings. The molecule has 4 heteroatoms. The standard InChI is InChI=1S/C10H21N3O/c1-9(8-14)13-6-10(7-13)12-4-2-11-3-5-12/h9-11,14H,2-8H2,1H3. The highest BCUT2D eigenvalue weighted by molar-refractivity contribution is 4.91. The summed E-state index contributed by atoms with van der Waals surface area (Å²) in [6, 6.07) is 1.08. The Morgan fingerprint density at radius 3 is 2.57 bits per heavy atom. The Labute approximate surface area is 85.9 Å².